The Morgan fingerprint density at radius 1 is 1.25 bits per heavy atom. The zero-order valence-electron chi connectivity index (χ0n) is 13.4. The predicted octanol–water partition coefficient (Wildman–Crippen LogP) is 4.28. The lowest BCUT2D eigenvalue weighted by Gasteiger charge is -2.27. The van der Waals surface area contributed by atoms with E-state index in [1.165, 1.54) is 36.8 Å². The van der Waals surface area contributed by atoms with E-state index in [1.54, 1.807) is 7.11 Å². The molecule has 0 aromatic heterocycles. The zero-order chi connectivity index (χ0) is 14.5. The summed E-state index contributed by atoms with van der Waals surface area (Å²) in [7, 11) is 1.79. The van der Waals surface area contributed by atoms with Gasteiger partial charge in [-0.1, -0.05) is 44.4 Å². The predicted molar refractivity (Wildman–Crippen MR) is 85.6 cm³/mol. The van der Waals surface area contributed by atoms with Crippen LogP contribution in [0.5, 0.6) is 5.75 Å². The van der Waals surface area contributed by atoms with Gasteiger partial charge in [-0.05, 0) is 37.3 Å². The minimum Gasteiger partial charge on any atom is -0.496 e. The van der Waals surface area contributed by atoms with Gasteiger partial charge in [0.25, 0.3) is 0 Å². The maximum Gasteiger partial charge on any atom is 0.122 e. The first kappa shape index (κ1) is 15.4. The molecule has 0 radical (unpaired) electrons. The molecule has 0 amide bonds. The third-order valence-electron chi connectivity index (χ3n) is 4.50. The molecular formula is C18H29NO. The Morgan fingerprint density at radius 2 is 1.95 bits per heavy atom. The molecule has 0 bridgehead atoms. The van der Waals surface area contributed by atoms with Gasteiger partial charge in [0.2, 0.25) is 0 Å². The van der Waals surface area contributed by atoms with Crippen LogP contribution in [-0.2, 0) is 0 Å². The van der Waals surface area contributed by atoms with Gasteiger partial charge >= 0.3 is 0 Å². The molecule has 2 nitrogen and oxygen atoms in total. The van der Waals surface area contributed by atoms with Crippen molar-refractivity contribution < 1.29 is 4.74 Å². The zero-order valence-corrected chi connectivity index (χ0v) is 13.4. The minimum absolute atomic E-state index is 0.537. The van der Waals surface area contributed by atoms with E-state index in [0.29, 0.717) is 12.0 Å². The minimum atomic E-state index is 0.537. The van der Waals surface area contributed by atoms with Crippen LogP contribution in [0.1, 0.15) is 56.6 Å². The van der Waals surface area contributed by atoms with Crippen molar-refractivity contribution in [2.45, 2.75) is 58.4 Å². The van der Waals surface area contributed by atoms with Crippen molar-refractivity contribution in [1.82, 2.24) is 5.32 Å². The number of benzene rings is 1. The highest BCUT2D eigenvalue weighted by atomic mass is 16.5. The number of rotatable bonds is 6. The molecule has 1 aromatic rings. The molecule has 0 spiro atoms. The van der Waals surface area contributed by atoms with Crippen molar-refractivity contribution in [2.24, 2.45) is 5.92 Å². The van der Waals surface area contributed by atoms with Crippen molar-refractivity contribution in [3.05, 3.63) is 29.3 Å². The van der Waals surface area contributed by atoms with Crippen LogP contribution in [0.4, 0.5) is 0 Å². The Labute approximate surface area is 123 Å². The van der Waals surface area contributed by atoms with E-state index < -0.39 is 0 Å². The van der Waals surface area contributed by atoms with Gasteiger partial charge in [-0.15, -0.1) is 0 Å². The summed E-state index contributed by atoms with van der Waals surface area (Å²) in [5.41, 5.74) is 2.72. The lowest BCUT2D eigenvalue weighted by molar-refractivity contribution is 0.367. The van der Waals surface area contributed by atoms with E-state index in [-0.39, 0.29) is 0 Å². The van der Waals surface area contributed by atoms with Gasteiger partial charge in [0.1, 0.15) is 5.75 Å². The summed E-state index contributed by atoms with van der Waals surface area (Å²) in [6, 6.07) is 7.13. The van der Waals surface area contributed by atoms with Crippen molar-refractivity contribution in [3.8, 4) is 5.75 Å². The molecule has 1 aliphatic carbocycles. The molecule has 1 aliphatic rings. The highest BCUT2D eigenvalue weighted by Gasteiger charge is 2.28. The summed E-state index contributed by atoms with van der Waals surface area (Å²) >= 11 is 0. The second kappa shape index (κ2) is 7.12. The molecule has 1 aromatic carbocycles. The molecule has 0 saturated heterocycles. The number of hydrogen-bond donors (Lipinski definition) is 1. The molecule has 1 saturated carbocycles. The summed E-state index contributed by atoms with van der Waals surface area (Å²) in [6.45, 7) is 7.67. The summed E-state index contributed by atoms with van der Waals surface area (Å²) in [4.78, 5) is 0. The fraction of sp³-hybridized carbons (Fsp3) is 0.667. The molecule has 20 heavy (non-hydrogen) atoms. The Balaban J connectivity index is 2.26. The van der Waals surface area contributed by atoms with Crippen LogP contribution in [0, 0.1) is 12.8 Å². The second-order valence-electron chi connectivity index (χ2n) is 6.46. The standard InChI is InChI=1S/C18H29NO/c1-13(2)19-12-17(15-7-5-6-8-15)16-11-14(3)9-10-18(16)20-4/h9-11,13,15,17,19H,5-8,12H2,1-4H3. The third-order valence-corrected chi connectivity index (χ3v) is 4.50. The SMILES string of the molecule is COc1ccc(C)cc1C(CNC(C)C)C1CCCC1. The van der Waals surface area contributed by atoms with Crippen LogP contribution in [0.3, 0.4) is 0 Å². The van der Waals surface area contributed by atoms with E-state index >= 15 is 0 Å². The van der Waals surface area contributed by atoms with E-state index in [2.05, 4.69) is 44.3 Å². The Kier molecular flexibility index (Phi) is 5.47. The number of methoxy groups -OCH3 is 1. The molecule has 1 atom stereocenters. The van der Waals surface area contributed by atoms with Gasteiger partial charge in [-0.2, -0.15) is 0 Å². The van der Waals surface area contributed by atoms with Crippen molar-refractivity contribution >= 4 is 0 Å². The van der Waals surface area contributed by atoms with E-state index in [0.717, 1.165) is 18.2 Å². The molecule has 2 heteroatoms. The van der Waals surface area contributed by atoms with Gasteiger partial charge in [0.15, 0.2) is 0 Å². The molecule has 0 aliphatic heterocycles. The van der Waals surface area contributed by atoms with E-state index in [1.807, 2.05) is 0 Å². The Bertz CT molecular complexity index is 421. The molecular weight excluding hydrogens is 246 g/mol. The van der Waals surface area contributed by atoms with Gasteiger partial charge in [0, 0.05) is 18.5 Å². The lowest BCUT2D eigenvalue weighted by Crippen LogP contribution is -2.31. The number of aryl methyl sites for hydroxylation is 1. The molecule has 112 valence electrons. The number of hydrogen-bond acceptors (Lipinski definition) is 2. The van der Waals surface area contributed by atoms with Gasteiger partial charge in [-0.3, -0.25) is 0 Å². The topological polar surface area (TPSA) is 21.3 Å². The first-order valence-electron chi connectivity index (χ1n) is 7.99. The van der Waals surface area contributed by atoms with Gasteiger partial charge in [-0.25, -0.2) is 0 Å². The van der Waals surface area contributed by atoms with E-state index in [4.69, 9.17) is 4.74 Å². The maximum absolute atomic E-state index is 5.62. The first-order valence-corrected chi connectivity index (χ1v) is 7.99. The van der Waals surface area contributed by atoms with Gasteiger partial charge < -0.3 is 10.1 Å². The fourth-order valence-corrected chi connectivity index (χ4v) is 3.40. The highest BCUT2D eigenvalue weighted by molar-refractivity contribution is 5.40. The van der Waals surface area contributed by atoms with Gasteiger partial charge in [0.05, 0.1) is 7.11 Å². The normalized spacial score (nSPS) is 17.6. The summed E-state index contributed by atoms with van der Waals surface area (Å²) in [5, 5.41) is 3.64. The Morgan fingerprint density at radius 3 is 2.55 bits per heavy atom. The van der Waals surface area contributed by atoms with Crippen LogP contribution in [0.15, 0.2) is 18.2 Å². The summed E-state index contributed by atoms with van der Waals surface area (Å²) < 4.78 is 5.62. The third kappa shape index (κ3) is 3.76. The Hall–Kier alpha value is -1.02. The highest BCUT2D eigenvalue weighted by Crippen LogP contribution is 2.40. The van der Waals surface area contributed by atoms with Crippen LogP contribution < -0.4 is 10.1 Å². The van der Waals surface area contributed by atoms with Crippen molar-refractivity contribution in [2.75, 3.05) is 13.7 Å². The lowest BCUT2D eigenvalue weighted by atomic mass is 9.83. The van der Waals surface area contributed by atoms with Crippen molar-refractivity contribution in [1.29, 1.82) is 0 Å². The number of ether oxygens (including phenoxy) is 1. The smallest absolute Gasteiger partial charge is 0.122 e. The average Bonchev–Trinajstić information content (AvgIpc) is 2.93. The van der Waals surface area contributed by atoms with Crippen LogP contribution in [0.2, 0.25) is 0 Å². The molecule has 0 heterocycles. The molecule has 2 rings (SSSR count). The van der Waals surface area contributed by atoms with E-state index in [9.17, 15) is 0 Å². The molecule has 1 unspecified atom stereocenters. The van der Waals surface area contributed by atoms with Crippen LogP contribution in [-0.4, -0.2) is 19.7 Å². The fourth-order valence-electron chi connectivity index (χ4n) is 3.40. The van der Waals surface area contributed by atoms with Crippen molar-refractivity contribution in [3.63, 3.8) is 0 Å². The maximum atomic E-state index is 5.62. The molecule has 1 N–H and O–H groups in total. The largest absolute Gasteiger partial charge is 0.496 e. The first-order chi connectivity index (χ1) is 9.61. The average molecular weight is 275 g/mol. The van der Waals surface area contributed by atoms with Crippen LogP contribution >= 0.6 is 0 Å². The summed E-state index contributed by atoms with van der Waals surface area (Å²) in [5.74, 6) is 2.43. The van der Waals surface area contributed by atoms with Crippen LogP contribution in [0.25, 0.3) is 0 Å². The molecule has 1 fully saturated rings. The summed E-state index contributed by atoms with van der Waals surface area (Å²) in [6.07, 6.45) is 5.50. The quantitative estimate of drug-likeness (QED) is 0.837. The number of nitrogens with one attached hydrogen (secondary N) is 1. The second-order valence-corrected chi connectivity index (χ2v) is 6.46. The monoisotopic (exact) mass is 275 g/mol.